The number of allylic oxidation sites excluding steroid dienone is 4. The second kappa shape index (κ2) is 49.1. The zero-order valence-corrected chi connectivity index (χ0v) is 48.9. The third-order valence-corrected chi connectivity index (χ3v) is 14.5. The number of rotatable bonds is 48. The number of phosphoric ester groups is 1. The molecule has 0 aliphatic carbocycles. The molecule has 0 aromatic carbocycles. The van der Waals surface area contributed by atoms with Crippen LogP contribution in [0.25, 0.3) is 0 Å². The lowest BCUT2D eigenvalue weighted by atomic mass is 10.1. The van der Waals surface area contributed by atoms with E-state index in [-0.39, 0.29) is 105 Å². The highest BCUT2D eigenvalue weighted by atomic mass is 31.2. The zero-order valence-electron chi connectivity index (χ0n) is 48.0. The Hall–Kier alpha value is -3.75. The van der Waals surface area contributed by atoms with Crippen LogP contribution in [0.2, 0.25) is 0 Å². The molecule has 1 amide bonds. The number of ether oxygens (including phenoxy) is 2. The van der Waals surface area contributed by atoms with Gasteiger partial charge in [0.1, 0.15) is 6.61 Å². The molecule has 1 saturated heterocycles. The van der Waals surface area contributed by atoms with Gasteiger partial charge in [0.15, 0.2) is 6.10 Å². The van der Waals surface area contributed by atoms with Crippen molar-refractivity contribution in [2.45, 2.75) is 200 Å². The zero-order chi connectivity index (χ0) is 57.3. The highest BCUT2D eigenvalue weighted by molar-refractivity contribution is 7.47. The Morgan fingerprint density at radius 1 is 0.474 bits per heavy atom. The van der Waals surface area contributed by atoms with Crippen molar-refractivity contribution in [1.29, 1.82) is 0 Å². The SMILES string of the molecule is CCCCCCCC/C=C\CCCCCCCC(=O)OC[C@H](COP(=O)(O)OCCNC(=O)CN1CCN(CC(=O)O)CCN(CC(=O)O)CCN(CC(=O)O)CC1)OC(=O)CCCCCCC/C=C\CCCCCCCC. The van der Waals surface area contributed by atoms with Gasteiger partial charge in [-0.25, -0.2) is 4.57 Å². The maximum atomic E-state index is 13.1. The molecule has 1 aliphatic rings. The number of aliphatic carboxylic acids is 3. The predicted octanol–water partition coefficient (Wildman–Crippen LogP) is 9.24. The van der Waals surface area contributed by atoms with Crippen molar-refractivity contribution in [1.82, 2.24) is 24.9 Å². The fourth-order valence-corrected chi connectivity index (χ4v) is 9.66. The maximum absolute atomic E-state index is 13.1. The van der Waals surface area contributed by atoms with Crippen molar-refractivity contribution in [2.75, 3.05) is 105 Å². The summed E-state index contributed by atoms with van der Waals surface area (Å²) in [4.78, 5) is 90.7. The molecule has 1 fully saturated rings. The van der Waals surface area contributed by atoms with E-state index in [9.17, 15) is 53.5 Å². The van der Waals surface area contributed by atoms with Crippen molar-refractivity contribution in [2.24, 2.45) is 0 Å². The number of hydrogen-bond acceptors (Lipinski definition) is 15. The van der Waals surface area contributed by atoms with Crippen LogP contribution in [-0.2, 0) is 51.9 Å². The number of nitrogens with zero attached hydrogens (tertiary/aromatic N) is 4. The smallest absolute Gasteiger partial charge is 0.472 e. The average molecular weight is 1130 g/mol. The molecule has 0 radical (unpaired) electrons. The molecule has 21 heteroatoms. The third kappa shape index (κ3) is 46.0. The Balaban J connectivity index is 2.69. The van der Waals surface area contributed by atoms with E-state index in [0.717, 1.165) is 77.0 Å². The van der Waals surface area contributed by atoms with Crippen molar-refractivity contribution in [3.63, 3.8) is 0 Å². The van der Waals surface area contributed by atoms with Crippen LogP contribution in [0.5, 0.6) is 0 Å². The fourth-order valence-electron chi connectivity index (χ4n) is 8.91. The number of carbonyl (C=O) groups is 6. The highest BCUT2D eigenvalue weighted by Crippen LogP contribution is 2.43. The molecule has 452 valence electrons. The van der Waals surface area contributed by atoms with Gasteiger partial charge in [-0.05, 0) is 64.2 Å². The normalized spacial score (nSPS) is 15.9. The van der Waals surface area contributed by atoms with E-state index in [1.165, 1.54) is 77.0 Å². The fraction of sp³-hybridized carbons (Fsp3) is 0.825. The van der Waals surface area contributed by atoms with Gasteiger partial charge in [0.05, 0.1) is 39.4 Å². The van der Waals surface area contributed by atoms with Gasteiger partial charge in [0.25, 0.3) is 0 Å². The maximum Gasteiger partial charge on any atom is 0.472 e. The van der Waals surface area contributed by atoms with Crippen LogP contribution in [0.1, 0.15) is 194 Å². The van der Waals surface area contributed by atoms with Gasteiger partial charge in [0.2, 0.25) is 5.91 Å². The van der Waals surface area contributed by atoms with E-state index < -0.39 is 62.9 Å². The molecular weight excluding hydrogens is 1030 g/mol. The van der Waals surface area contributed by atoms with Crippen LogP contribution >= 0.6 is 7.82 Å². The molecule has 1 unspecified atom stereocenters. The Morgan fingerprint density at radius 3 is 1.21 bits per heavy atom. The first-order valence-electron chi connectivity index (χ1n) is 29.7. The molecule has 0 saturated carbocycles. The average Bonchev–Trinajstić information content (AvgIpc) is 3.38. The Bertz CT molecular complexity index is 1680. The number of carboxylic acid groups (broad SMARTS) is 3. The van der Waals surface area contributed by atoms with Gasteiger partial charge in [0, 0.05) is 71.7 Å². The largest absolute Gasteiger partial charge is 0.480 e. The second-order valence-corrected chi connectivity index (χ2v) is 22.2. The Kier molecular flexibility index (Phi) is 45.5. The summed E-state index contributed by atoms with van der Waals surface area (Å²) in [6.07, 6.45) is 37.4. The van der Waals surface area contributed by atoms with E-state index >= 15 is 0 Å². The first-order chi connectivity index (χ1) is 37.6. The second-order valence-electron chi connectivity index (χ2n) is 20.7. The molecule has 1 heterocycles. The van der Waals surface area contributed by atoms with E-state index in [4.69, 9.17) is 18.5 Å². The summed E-state index contributed by atoms with van der Waals surface area (Å²) in [6, 6.07) is 0. The number of amides is 1. The summed E-state index contributed by atoms with van der Waals surface area (Å²) in [7, 11) is -4.75. The van der Waals surface area contributed by atoms with Crippen LogP contribution in [0.4, 0.5) is 0 Å². The van der Waals surface area contributed by atoms with Crippen LogP contribution in [0.3, 0.4) is 0 Å². The number of carboxylic acids is 3. The quantitative estimate of drug-likeness (QED) is 0.0164. The number of hydrogen-bond donors (Lipinski definition) is 5. The molecule has 0 bridgehead atoms. The Labute approximate surface area is 468 Å². The molecular formula is C57H104N5O15P. The lowest BCUT2D eigenvalue weighted by Gasteiger charge is -2.32. The monoisotopic (exact) mass is 1130 g/mol. The van der Waals surface area contributed by atoms with Crippen LogP contribution < -0.4 is 5.32 Å². The molecule has 20 nitrogen and oxygen atoms in total. The topological polar surface area (TPSA) is 262 Å². The van der Waals surface area contributed by atoms with Gasteiger partial charge >= 0.3 is 37.7 Å². The van der Waals surface area contributed by atoms with Gasteiger partial charge in [-0.3, -0.25) is 57.4 Å². The van der Waals surface area contributed by atoms with Gasteiger partial charge < -0.3 is 35.0 Å². The van der Waals surface area contributed by atoms with Crippen molar-refractivity contribution < 1.29 is 72.1 Å². The standard InChI is InChI=1S/C57H104N5O15P/c1-3-5-7-9-11-13-15-17-19-21-23-25-27-29-31-33-56(70)74-49-51(77-57(71)34-32-30-28-26-24-22-20-18-16-14-12-10-8-6-4-2)50-76-78(72,73)75-44-35-58-52(63)45-59-36-38-60(46-53(64)65)40-42-62(48-55(68)69)43-41-61(39-37-59)47-54(66)67/h17-20,51H,3-16,21-50H2,1-2H3,(H,58,63)(H,64,65)(H,66,67)(H,68,69)(H,72,73)/b19-17-,20-18-/t51-/m1/s1. The van der Waals surface area contributed by atoms with Crippen LogP contribution in [0, 0.1) is 0 Å². The summed E-state index contributed by atoms with van der Waals surface area (Å²) in [5.41, 5.74) is 0. The molecule has 78 heavy (non-hydrogen) atoms. The minimum atomic E-state index is -4.75. The van der Waals surface area contributed by atoms with E-state index in [1.807, 2.05) is 0 Å². The first-order valence-corrected chi connectivity index (χ1v) is 31.2. The summed E-state index contributed by atoms with van der Waals surface area (Å²) in [6.45, 7) is 3.60. The Morgan fingerprint density at radius 2 is 0.821 bits per heavy atom. The summed E-state index contributed by atoms with van der Waals surface area (Å²) in [5.74, 6) is -4.71. The van der Waals surface area contributed by atoms with Crippen molar-refractivity contribution in [3.05, 3.63) is 24.3 Å². The summed E-state index contributed by atoms with van der Waals surface area (Å²) in [5, 5.41) is 31.0. The van der Waals surface area contributed by atoms with Crippen LogP contribution in [-0.4, -0.2) is 187 Å². The number of nitrogens with one attached hydrogen (secondary N) is 1. The van der Waals surface area contributed by atoms with Gasteiger partial charge in [-0.1, -0.05) is 141 Å². The van der Waals surface area contributed by atoms with Crippen molar-refractivity contribution >= 4 is 43.6 Å². The number of carbonyl (C=O) groups excluding carboxylic acids is 3. The minimum Gasteiger partial charge on any atom is -0.480 e. The number of unbranched alkanes of at least 4 members (excludes halogenated alkanes) is 22. The molecule has 0 aromatic heterocycles. The van der Waals surface area contributed by atoms with E-state index in [0.29, 0.717) is 12.8 Å². The number of esters is 2. The minimum absolute atomic E-state index is 0.121. The van der Waals surface area contributed by atoms with Gasteiger partial charge in [-0.15, -0.1) is 0 Å². The summed E-state index contributed by atoms with van der Waals surface area (Å²) < 4.78 is 34.4. The first kappa shape index (κ1) is 72.3. The molecule has 0 aromatic rings. The molecule has 0 spiro atoms. The lowest BCUT2D eigenvalue weighted by Crippen LogP contribution is -2.50. The van der Waals surface area contributed by atoms with Crippen LogP contribution in [0.15, 0.2) is 24.3 Å². The molecule has 1 aliphatic heterocycles. The highest BCUT2D eigenvalue weighted by Gasteiger charge is 2.27. The van der Waals surface area contributed by atoms with E-state index in [2.05, 4.69) is 43.5 Å². The summed E-state index contributed by atoms with van der Waals surface area (Å²) >= 11 is 0. The van der Waals surface area contributed by atoms with Crippen molar-refractivity contribution in [3.8, 4) is 0 Å². The molecule has 5 N–H and O–H groups in total. The number of phosphoric acid groups is 1. The van der Waals surface area contributed by atoms with Gasteiger partial charge in [-0.2, -0.15) is 0 Å². The lowest BCUT2D eigenvalue weighted by molar-refractivity contribution is -0.161. The molecule has 1 rings (SSSR count). The van der Waals surface area contributed by atoms with E-state index in [1.54, 1.807) is 19.6 Å². The molecule has 2 atom stereocenters. The predicted molar refractivity (Wildman–Crippen MR) is 303 cm³/mol. The third-order valence-electron chi connectivity index (χ3n) is 13.5.